The van der Waals surface area contributed by atoms with E-state index >= 15 is 0 Å². The van der Waals surface area contributed by atoms with Gasteiger partial charge >= 0.3 is 0 Å². The molecule has 118 valence electrons. The average molecular weight is 372 g/mol. The van der Waals surface area contributed by atoms with Gasteiger partial charge in [0.15, 0.2) is 6.29 Å². The van der Waals surface area contributed by atoms with Crippen molar-refractivity contribution in [2.24, 2.45) is 0 Å². The summed E-state index contributed by atoms with van der Waals surface area (Å²) in [5.74, 6) is 0.783. The Bertz CT molecular complexity index is 867. The Morgan fingerprint density at radius 3 is 2.65 bits per heavy atom. The van der Waals surface area contributed by atoms with Crippen molar-refractivity contribution in [1.29, 1.82) is 0 Å². The number of fused-ring (bicyclic) bond motifs is 1. The largest absolute Gasteiger partial charge is 0.493 e. The van der Waals surface area contributed by atoms with Crippen molar-refractivity contribution < 1.29 is 9.53 Å². The number of rotatable bonds is 5. The van der Waals surface area contributed by atoms with Gasteiger partial charge in [-0.2, -0.15) is 0 Å². The van der Waals surface area contributed by atoms with Gasteiger partial charge in [0.1, 0.15) is 5.75 Å². The van der Waals surface area contributed by atoms with Gasteiger partial charge in [-0.05, 0) is 49.2 Å². The number of hydrogen-bond acceptors (Lipinski definition) is 2. The maximum atomic E-state index is 11.8. The van der Waals surface area contributed by atoms with E-state index in [0.717, 1.165) is 39.6 Å². The van der Waals surface area contributed by atoms with E-state index in [1.807, 2.05) is 47.9 Å². The second-order valence-corrected chi connectivity index (χ2v) is 6.24. The number of pyridine rings is 1. The molecular weight excluding hydrogens is 354 g/mol. The van der Waals surface area contributed by atoms with Crippen LogP contribution in [0.2, 0.25) is 0 Å². The first-order valence-electron chi connectivity index (χ1n) is 7.69. The van der Waals surface area contributed by atoms with Crippen LogP contribution >= 0.6 is 15.9 Å². The van der Waals surface area contributed by atoms with Crippen molar-refractivity contribution in [1.82, 2.24) is 4.40 Å². The van der Waals surface area contributed by atoms with Crippen LogP contribution in [-0.2, 0) is 6.42 Å². The molecule has 1 aromatic carbocycles. The monoisotopic (exact) mass is 371 g/mol. The second-order valence-electron chi connectivity index (χ2n) is 5.32. The summed E-state index contributed by atoms with van der Waals surface area (Å²) in [6.07, 6.45) is 3.88. The maximum absolute atomic E-state index is 11.8. The first kappa shape index (κ1) is 15.8. The normalized spacial score (nSPS) is 10.9. The Hall–Kier alpha value is -2.07. The molecule has 0 aliphatic heterocycles. The van der Waals surface area contributed by atoms with Gasteiger partial charge in [0.25, 0.3) is 0 Å². The fraction of sp³-hybridized carbons (Fsp3) is 0.211. The Morgan fingerprint density at radius 2 is 1.96 bits per heavy atom. The zero-order chi connectivity index (χ0) is 16.4. The van der Waals surface area contributed by atoms with E-state index < -0.39 is 0 Å². The van der Waals surface area contributed by atoms with Crippen molar-refractivity contribution in [3.63, 3.8) is 0 Å². The van der Waals surface area contributed by atoms with Crippen LogP contribution in [-0.4, -0.2) is 17.3 Å². The van der Waals surface area contributed by atoms with Gasteiger partial charge in [0.05, 0.1) is 12.3 Å². The molecule has 0 radical (unpaired) electrons. The maximum Gasteiger partial charge on any atom is 0.167 e. The van der Waals surface area contributed by atoms with Gasteiger partial charge < -0.3 is 9.14 Å². The Labute approximate surface area is 144 Å². The van der Waals surface area contributed by atoms with Gasteiger partial charge in [-0.15, -0.1) is 0 Å². The predicted molar refractivity (Wildman–Crippen MR) is 96.5 cm³/mol. The molecule has 3 rings (SSSR count). The fourth-order valence-corrected chi connectivity index (χ4v) is 3.13. The summed E-state index contributed by atoms with van der Waals surface area (Å²) in [5.41, 5.74) is 4.65. The molecule has 3 nitrogen and oxygen atoms in total. The number of halogens is 1. The summed E-state index contributed by atoms with van der Waals surface area (Å²) in [5, 5.41) is 0. The summed E-state index contributed by atoms with van der Waals surface area (Å²) < 4.78 is 8.65. The molecule has 3 aromatic rings. The lowest BCUT2D eigenvalue weighted by Crippen LogP contribution is -1.97. The quantitative estimate of drug-likeness (QED) is 0.581. The molecule has 0 spiro atoms. The minimum absolute atomic E-state index is 0.582. The van der Waals surface area contributed by atoms with E-state index in [4.69, 9.17) is 4.74 Å². The van der Waals surface area contributed by atoms with Crippen molar-refractivity contribution >= 4 is 27.7 Å². The van der Waals surface area contributed by atoms with Crippen LogP contribution in [0.4, 0.5) is 0 Å². The summed E-state index contributed by atoms with van der Waals surface area (Å²) in [6, 6.07) is 12.0. The van der Waals surface area contributed by atoms with Gasteiger partial charge in [-0.1, -0.05) is 28.9 Å². The number of aromatic nitrogens is 1. The third kappa shape index (κ3) is 2.91. The SMILES string of the molecule is CCOc1ccc(Br)cc1-c1cc2ccc(CC)cn2c1C=O. The minimum Gasteiger partial charge on any atom is -0.493 e. The molecule has 0 N–H and O–H groups in total. The summed E-state index contributed by atoms with van der Waals surface area (Å²) in [7, 11) is 0. The van der Waals surface area contributed by atoms with Gasteiger partial charge in [0, 0.05) is 27.3 Å². The number of aldehydes is 1. The van der Waals surface area contributed by atoms with E-state index in [1.54, 1.807) is 0 Å². The predicted octanol–water partition coefficient (Wildman–Crippen LogP) is 5.14. The first-order chi connectivity index (χ1) is 11.2. The lowest BCUT2D eigenvalue weighted by molar-refractivity contribution is 0.111. The molecule has 0 atom stereocenters. The molecule has 0 unspecified atom stereocenters. The smallest absolute Gasteiger partial charge is 0.167 e. The summed E-state index contributed by atoms with van der Waals surface area (Å²) in [4.78, 5) is 11.8. The highest BCUT2D eigenvalue weighted by Crippen LogP contribution is 2.36. The van der Waals surface area contributed by atoms with E-state index in [-0.39, 0.29) is 0 Å². The number of carbonyl (C=O) groups is 1. The van der Waals surface area contributed by atoms with E-state index in [2.05, 4.69) is 28.9 Å². The van der Waals surface area contributed by atoms with Crippen LogP contribution in [0.15, 0.2) is 47.1 Å². The molecule has 23 heavy (non-hydrogen) atoms. The van der Waals surface area contributed by atoms with Crippen LogP contribution in [0.5, 0.6) is 5.75 Å². The molecule has 0 fully saturated rings. The summed E-state index contributed by atoms with van der Waals surface area (Å²) in [6.45, 7) is 4.64. The molecule has 2 heterocycles. The highest BCUT2D eigenvalue weighted by Gasteiger charge is 2.16. The number of aryl methyl sites for hydroxylation is 1. The number of hydrogen-bond donors (Lipinski definition) is 0. The van der Waals surface area contributed by atoms with E-state index in [1.165, 1.54) is 5.56 Å². The second kappa shape index (κ2) is 6.59. The molecule has 0 saturated carbocycles. The van der Waals surface area contributed by atoms with Crippen molar-refractivity contribution in [2.45, 2.75) is 20.3 Å². The summed E-state index contributed by atoms with van der Waals surface area (Å²) >= 11 is 3.51. The Kier molecular flexibility index (Phi) is 4.53. The standard InChI is InChI=1S/C19H18BrNO2/c1-3-13-5-7-15-10-16(18(12-22)21(15)11-13)17-9-14(20)6-8-19(17)23-4-2/h5-12H,3-4H2,1-2H3. The topological polar surface area (TPSA) is 30.7 Å². The zero-order valence-corrected chi connectivity index (χ0v) is 14.8. The zero-order valence-electron chi connectivity index (χ0n) is 13.2. The van der Waals surface area contributed by atoms with Crippen LogP contribution in [0, 0.1) is 0 Å². The minimum atomic E-state index is 0.582. The lowest BCUT2D eigenvalue weighted by Gasteiger charge is -2.10. The van der Waals surface area contributed by atoms with Crippen LogP contribution < -0.4 is 4.74 Å². The van der Waals surface area contributed by atoms with Gasteiger partial charge in [-0.3, -0.25) is 4.79 Å². The molecule has 4 heteroatoms. The lowest BCUT2D eigenvalue weighted by atomic mass is 10.1. The molecule has 0 aliphatic carbocycles. The highest BCUT2D eigenvalue weighted by atomic mass is 79.9. The third-order valence-electron chi connectivity index (χ3n) is 3.92. The molecule has 0 aliphatic rings. The van der Waals surface area contributed by atoms with Crippen LogP contribution in [0.25, 0.3) is 16.6 Å². The average Bonchev–Trinajstić information content (AvgIpc) is 2.93. The van der Waals surface area contributed by atoms with Gasteiger partial charge in [-0.25, -0.2) is 0 Å². The first-order valence-corrected chi connectivity index (χ1v) is 8.49. The highest BCUT2D eigenvalue weighted by molar-refractivity contribution is 9.10. The Balaban J connectivity index is 2.28. The fourth-order valence-electron chi connectivity index (χ4n) is 2.77. The van der Waals surface area contributed by atoms with Crippen molar-refractivity contribution in [2.75, 3.05) is 6.61 Å². The molecular formula is C19H18BrNO2. The van der Waals surface area contributed by atoms with E-state index in [0.29, 0.717) is 12.3 Å². The van der Waals surface area contributed by atoms with Crippen molar-refractivity contribution in [3.8, 4) is 16.9 Å². The van der Waals surface area contributed by atoms with Crippen LogP contribution in [0.3, 0.4) is 0 Å². The number of benzene rings is 1. The third-order valence-corrected chi connectivity index (χ3v) is 4.41. The van der Waals surface area contributed by atoms with Gasteiger partial charge in [0.2, 0.25) is 0 Å². The molecule has 0 amide bonds. The Morgan fingerprint density at radius 1 is 1.13 bits per heavy atom. The van der Waals surface area contributed by atoms with Crippen molar-refractivity contribution in [3.05, 3.63) is 58.3 Å². The molecule has 0 bridgehead atoms. The number of nitrogens with zero attached hydrogens (tertiary/aromatic N) is 1. The number of ether oxygens (including phenoxy) is 1. The van der Waals surface area contributed by atoms with E-state index in [9.17, 15) is 4.79 Å². The molecule has 2 aromatic heterocycles. The van der Waals surface area contributed by atoms with Crippen LogP contribution in [0.1, 0.15) is 29.9 Å². The number of carbonyl (C=O) groups excluding carboxylic acids is 1. The molecule has 0 saturated heterocycles.